The van der Waals surface area contributed by atoms with Gasteiger partial charge in [-0.3, -0.25) is 10.00 Å². The SMILES string of the molecule is COCCNC(=O)N1C[C@@H]2CN(Cc3ccccc3)C[C@]2(c2n[nH]c(C)n2)C1. The number of urea groups is 1. The Balaban J connectivity index is 1.51. The number of rotatable bonds is 6. The Labute approximate surface area is 165 Å². The van der Waals surface area contributed by atoms with E-state index in [9.17, 15) is 4.79 Å². The van der Waals surface area contributed by atoms with Gasteiger partial charge in [-0.1, -0.05) is 30.3 Å². The van der Waals surface area contributed by atoms with Crippen LogP contribution in [0.25, 0.3) is 0 Å². The van der Waals surface area contributed by atoms with Crippen molar-refractivity contribution in [3.8, 4) is 0 Å². The van der Waals surface area contributed by atoms with Gasteiger partial charge in [0, 0.05) is 52.3 Å². The molecule has 0 radical (unpaired) electrons. The molecule has 2 saturated heterocycles. The zero-order valence-electron chi connectivity index (χ0n) is 16.5. The van der Waals surface area contributed by atoms with Crippen molar-refractivity contribution >= 4 is 6.03 Å². The molecule has 2 N–H and O–H groups in total. The molecular weight excluding hydrogens is 356 g/mol. The number of benzene rings is 1. The van der Waals surface area contributed by atoms with Crippen molar-refractivity contribution in [2.24, 2.45) is 5.92 Å². The van der Waals surface area contributed by atoms with Gasteiger partial charge in [-0.25, -0.2) is 9.78 Å². The molecule has 3 heterocycles. The fraction of sp³-hybridized carbons (Fsp3) is 0.550. The number of carbonyl (C=O) groups is 1. The van der Waals surface area contributed by atoms with E-state index in [1.807, 2.05) is 17.9 Å². The maximum absolute atomic E-state index is 12.6. The number of H-pyrrole nitrogens is 1. The third-order valence-electron chi connectivity index (χ3n) is 5.84. The molecule has 1 aromatic heterocycles. The summed E-state index contributed by atoms with van der Waals surface area (Å²) in [6.45, 7) is 7.00. The molecule has 8 heteroatoms. The van der Waals surface area contributed by atoms with E-state index in [1.165, 1.54) is 5.56 Å². The van der Waals surface area contributed by atoms with Crippen molar-refractivity contribution in [3.05, 3.63) is 47.5 Å². The van der Waals surface area contributed by atoms with E-state index in [-0.39, 0.29) is 11.4 Å². The third-order valence-corrected chi connectivity index (χ3v) is 5.84. The maximum atomic E-state index is 12.6. The molecule has 8 nitrogen and oxygen atoms in total. The monoisotopic (exact) mass is 384 g/mol. The Morgan fingerprint density at radius 3 is 2.86 bits per heavy atom. The lowest BCUT2D eigenvalue weighted by Gasteiger charge is -2.27. The first-order valence-electron chi connectivity index (χ1n) is 9.78. The Morgan fingerprint density at radius 2 is 2.14 bits per heavy atom. The molecule has 2 atom stereocenters. The molecule has 0 saturated carbocycles. The molecular formula is C20H28N6O2. The van der Waals surface area contributed by atoms with E-state index < -0.39 is 0 Å². The Kier molecular flexibility index (Phi) is 5.32. The molecule has 0 bridgehead atoms. The topological polar surface area (TPSA) is 86.4 Å². The van der Waals surface area contributed by atoms with Gasteiger partial charge in [-0.2, -0.15) is 5.10 Å². The van der Waals surface area contributed by atoms with Gasteiger partial charge in [0.2, 0.25) is 0 Å². The van der Waals surface area contributed by atoms with Crippen molar-refractivity contribution in [1.82, 2.24) is 30.3 Å². The lowest BCUT2D eigenvalue weighted by atomic mass is 9.80. The summed E-state index contributed by atoms with van der Waals surface area (Å²) >= 11 is 0. The summed E-state index contributed by atoms with van der Waals surface area (Å²) in [6.07, 6.45) is 0. The highest BCUT2D eigenvalue weighted by Crippen LogP contribution is 2.44. The smallest absolute Gasteiger partial charge is 0.317 e. The molecule has 2 aliphatic heterocycles. The van der Waals surface area contributed by atoms with Gasteiger partial charge >= 0.3 is 6.03 Å². The zero-order chi connectivity index (χ0) is 19.6. The highest BCUT2D eigenvalue weighted by atomic mass is 16.5. The third kappa shape index (κ3) is 3.62. The molecule has 2 aromatic rings. The number of hydrogen-bond acceptors (Lipinski definition) is 5. The number of aromatic amines is 1. The first-order chi connectivity index (χ1) is 13.6. The molecule has 4 rings (SSSR count). The quantitative estimate of drug-likeness (QED) is 0.730. The predicted molar refractivity (Wildman–Crippen MR) is 105 cm³/mol. The van der Waals surface area contributed by atoms with Crippen molar-refractivity contribution in [2.75, 3.05) is 46.4 Å². The number of amides is 2. The number of ether oxygens (including phenoxy) is 1. The van der Waals surface area contributed by atoms with Crippen LogP contribution in [-0.4, -0.2) is 77.5 Å². The van der Waals surface area contributed by atoms with Crippen molar-refractivity contribution < 1.29 is 9.53 Å². The lowest BCUT2D eigenvalue weighted by Crippen LogP contribution is -2.44. The number of fused-ring (bicyclic) bond motifs is 1. The van der Waals surface area contributed by atoms with Crippen LogP contribution in [-0.2, 0) is 16.7 Å². The predicted octanol–water partition coefficient (Wildman–Crippen LogP) is 1.15. The Morgan fingerprint density at radius 1 is 1.32 bits per heavy atom. The maximum Gasteiger partial charge on any atom is 0.317 e. The minimum absolute atomic E-state index is 0.0345. The molecule has 0 unspecified atom stereocenters. The van der Waals surface area contributed by atoms with E-state index in [2.05, 4.69) is 49.7 Å². The second-order valence-corrected chi connectivity index (χ2v) is 7.86. The van der Waals surface area contributed by atoms with E-state index in [1.54, 1.807) is 7.11 Å². The molecule has 2 aliphatic rings. The number of hydrogen-bond donors (Lipinski definition) is 2. The normalized spacial score (nSPS) is 24.5. The number of likely N-dealkylation sites (tertiary alicyclic amines) is 2. The van der Waals surface area contributed by atoms with E-state index in [0.717, 1.165) is 37.8 Å². The molecule has 2 fully saturated rings. The van der Waals surface area contributed by atoms with Crippen LogP contribution in [0.5, 0.6) is 0 Å². The number of aromatic nitrogens is 3. The van der Waals surface area contributed by atoms with E-state index in [0.29, 0.717) is 25.6 Å². The summed E-state index contributed by atoms with van der Waals surface area (Å²) in [4.78, 5) is 21.6. The fourth-order valence-electron chi connectivity index (χ4n) is 4.54. The summed E-state index contributed by atoms with van der Waals surface area (Å²) < 4.78 is 5.03. The first-order valence-corrected chi connectivity index (χ1v) is 9.78. The highest BCUT2D eigenvalue weighted by molar-refractivity contribution is 5.75. The van der Waals surface area contributed by atoms with Crippen LogP contribution in [0.1, 0.15) is 17.2 Å². The Hall–Kier alpha value is -2.45. The number of methoxy groups -OCH3 is 1. The van der Waals surface area contributed by atoms with E-state index >= 15 is 0 Å². The number of aryl methyl sites for hydroxylation is 1. The minimum Gasteiger partial charge on any atom is -0.383 e. The van der Waals surface area contributed by atoms with Gasteiger partial charge in [0.05, 0.1) is 12.0 Å². The number of nitrogens with zero attached hydrogens (tertiary/aromatic N) is 4. The minimum atomic E-state index is -0.224. The van der Waals surface area contributed by atoms with Crippen LogP contribution >= 0.6 is 0 Å². The van der Waals surface area contributed by atoms with Gasteiger partial charge in [0.1, 0.15) is 5.82 Å². The fourth-order valence-corrected chi connectivity index (χ4v) is 4.54. The van der Waals surface area contributed by atoms with Crippen molar-refractivity contribution in [1.29, 1.82) is 0 Å². The summed E-state index contributed by atoms with van der Waals surface area (Å²) in [5.41, 5.74) is 1.08. The summed E-state index contributed by atoms with van der Waals surface area (Å²) in [5.74, 6) is 1.96. The van der Waals surface area contributed by atoms with Crippen LogP contribution in [0, 0.1) is 12.8 Å². The molecule has 0 spiro atoms. The Bertz CT molecular complexity index is 810. The zero-order valence-corrected chi connectivity index (χ0v) is 16.5. The molecule has 1 aromatic carbocycles. The number of nitrogens with one attached hydrogen (secondary N) is 2. The average molecular weight is 384 g/mol. The molecule has 0 aliphatic carbocycles. The van der Waals surface area contributed by atoms with Crippen LogP contribution in [0.15, 0.2) is 30.3 Å². The van der Waals surface area contributed by atoms with Gasteiger partial charge < -0.3 is 15.0 Å². The molecule has 2 amide bonds. The molecule has 150 valence electrons. The summed E-state index contributed by atoms with van der Waals surface area (Å²) in [7, 11) is 1.63. The standard InChI is InChI=1S/C20H28N6O2/c1-15-22-18(24-23-15)20-13-25(10-16-6-4-3-5-7-16)11-17(20)12-26(14-20)19(27)21-8-9-28-2/h3-7,17H,8-14H2,1-2H3,(H,21,27)(H,22,23,24)/t17-,20-/m0/s1. The summed E-state index contributed by atoms with van der Waals surface area (Å²) in [5, 5.41) is 10.4. The van der Waals surface area contributed by atoms with Gasteiger partial charge in [-0.15, -0.1) is 0 Å². The highest BCUT2D eigenvalue weighted by Gasteiger charge is 2.56. The largest absolute Gasteiger partial charge is 0.383 e. The first kappa shape index (κ1) is 18.9. The van der Waals surface area contributed by atoms with Crippen LogP contribution in [0.2, 0.25) is 0 Å². The van der Waals surface area contributed by atoms with Crippen LogP contribution in [0.3, 0.4) is 0 Å². The second kappa shape index (κ2) is 7.89. The summed E-state index contributed by atoms with van der Waals surface area (Å²) in [6, 6.07) is 10.5. The van der Waals surface area contributed by atoms with Crippen LogP contribution < -0.4 is 5.32 Å². The van der Waals surface area contributed by atoms with Gasteiger partial charge in [-0.05, 0) is 12.5 Å². The average Bonchev–Trinajstić information content (AvgIpc) is 3.35. The van der Waals surface area contributed by atoms with Gasteiger partial charge in [0.15, 0.2) is 5.82 Å². The van der Waals surface area contributed by atoms with E-state index in [4.69, 9.17) is 4.74 Å². The molecule has 28 heavy (non-hydrogen) atoms. The van der Waals surface area contributed by atoms with Crippen molar-refractivity contribution in [3.63, 3.8) is 0 Å². The second-order valence-electron chi connectivity index (χ2n) is 7.86. The lowest BCUT2D eigenvalue weighted by molar-refractivity contribution is 0.179. The van der Waals surface area contributed by atoms with Gasteiger partial charge in [0.25, 0.3) is 0 Å². The van der Waals surface area contributed by atoms with Crippen molar-refractivity contribution in [2.45, 2.75) is 18.9 Å². The number of carbonyl (C=O) groups excluding carboxylic acids is 1. The van der Waals surface area contributed by atoms with Crippen LogP contribution in [0.4, 0.5) is 4.79 Å².